The van der Waals surface area contributed by atoms with Gasteiger partial charge in [0.05, 0.1) is 0 Å². The summed E-state index contributed by atoms with van der Waals surface area (Å²) in [5.74, 6) is 7.07. The molecular weight excluding hydrogens is 182 g/mol. The quantitative estimate of drug-likeness (QED) is 0.682. The molecule has 0 bridgehead atoms. The fourth-order valence-corrected chi connectivity index (χ4v) is 2.53. The minimum Gasteiger partial charge on any atom is -0.314 e. The molecule has 1 rings (SSSR count). The van der Waals surface area contributed by atoms with Crippen LogP contribution >= 0.6 is 0 Å². The first-order chi connectivity index (χ1) is 7.38. The Kier molecular flexibility index (Phi) is 6.52. The molecule has 0 aromatic heterocycles. The van der Waals surface area contributed by atoms with Crippen molar-refractivity contribution in [1.29, 1.82) is 0 Å². The lowest BCUT2D eigenvalue weighted by Crippen LogP contribution is -2.38. The summed E-state index contributed by atoms with van der Waals surface area (Å²) in [7, 11) is 0. The molecule has 1 aliphatic carbocycles. The van der Waals surface area contributed by atoms with Crippen molar-refractivity contribution in [2.75, 3.05) is 6.54 Å². The van der Waals surface area contributed by atoms with Gasteiger partial charge >= 0.3 is 0 Å². The third-order valence-electron chi connectivity index (χ3n) is 3.38. The van der Waals surface area contributed by atoms with Crippen molar-refractivity contribution in [3.05, 3.63) is 0 Å². The molecule has 0 heterocycles. The predicted octanol–water partition coefficient (Wildman–Crippen LogP) is 3.35. The SMILES string of the molecule is CC#CCCC1CCCCC1NCCC. The van der Waals surface area contributed by atoms with Crippen LogP contribution in [0.2, 0.25) is 0 Å². The highest BCUT2D eigenvalue weighted by Crippen LogP contribution is 2.27. The van der Waals surface area contributed by atoms with E-state index < -0.39 is 0 Å². The number of rotatable bonds is 5. The highest BCUT2D eigenvalue weighted by Gasteiger charge is 2.23. The predicted molar refractivity (Wildman–Crippen MR) is 66.7 cm³/mol. The Labute approximate surface area is 95.0 Å². The average molecular weight is 207 g/mol. The van der Waals surface area contributed by atoms with Crippen molar-refractivity contribution in [1.82, 2.24) is 5.32 Å². The summed E-state index contributed by atoms with van der Waals surface area (Å²) < 4.78 is 0. The maximum absolute atomic E-state index is 3.70. The number of hydrogen-bond donors (Lipinski definition) is 1. The minimum atomic E-state index is 0.775. The zero-order valence-corrected chi connectivity index (χ0v) is 10.3. The van der Waals surface area contributed by atoms with Crippen LogP contribution in [-0.4, -0.2) is 12.6 Å². The monoisotopic (exact) mass is 207 g/mol. The van der Waals surface area contributed by atoms with Gasteiger partial charge in [0.1, 0.15) is 0 Å². The van der Waals surface area contributed by atoms with Crippen LogP contribution in [-0.2, 0) is 0 Å². The first kappa shape index (κ1) is 12.6. The topological polar surface area (TPSA) is 12.0 Å². The van der Waals surface area contributed by atoms with Gasteiger partial charge in [-0.05, 0) is 45.1 Å². The Morgan fingerprint density at radius 2 is 2.07 bits per heavy atom. The maximum atomic E-state index is 3.70. The van der Waals surface area contributed by atoms with Crippen LogP contribution in [0, 0.1) is 17.8 Å². The van der Waals surface area contributed by atoms with Gasteiger partial charge in [-0.2, -0.15) is 0 Å². The van der Waals surface area contributed by atoms with Gasteiger partial charge in [-0.3, -0.25) is 0 Å². The molecule has 2 atom stereocenters. The largest absolute Gasteiger partial charge is 0.314 e. The van der Waals surface area contributed by atoms with Gasteiger partial charge in [0, 0.05) is 12.5 Å². The van der Waals surface area contributed by atoms with E-state index in [0.717, 1.165) is 18.4 Å². The molecule has 1 heteroatoms. The Morgan fingerprint density at radius 3 is 2.80 bits per heavy atom. The second-order valence-corrected chi connectivity index (χ2v) is 4.57. The van der Waals surface area contributed by atoms with E-state index >= 15 is 0 Å². The molecule has 1 fully saturated rings. The van der Waals surface area contributed by atoms with Crippen LogP contribution in [0.5, 0.6) is 0 Å². The smallest absolute Gasteiger partial charge is 0.00956 e. The number of nitrogens with one attached hydrogen (secondary N) is 1. The van der Waals surface area contributed by atoms with E-state index in [9.17, 15) is 0 Å². The summed E-state index contributed by atoms with van der Waals surface area (Å²) in [6.07, 6.45) is 9.26. The summed E-state index contributed by atoms with van der Waals surface area (Å²) in [6.45, 7) is 5.36. The molecule has 1 saturated carbocycles. The highest BCUT2D eigenvalue weighted by molar-refractivity contribution is 4.96. The van der Waals surface area contributed by atoms with E-state index in [-0.39, 0.29) is 0 Å². The van der Waals surface area contributed by atoms with Gasteiger partial charge in [0.15, 0.2) is 0 Å². The molecular formula is C14H25N. The van der Waals surface area contributed by atoms with Crippen molar-refractivity contribution in [3.63, 3.8) is 0 Å². The Balaban J connectivity index is 2.30. The average Bonchev–Trinajstić information content (AvgIpc) is 2.28. The van der Waals surface area contributed by atoms with Crippen LogP contribution in [0.1, 0.15) is 58.8 Å². The fourth-order valence-electron chi connectivity index (χ4n) is 2.53. The van der Waals surface area contributed by atoms with Gasteiger partial charge in [-0.25, -0.2) is 0 Å². The van der Waals surface area contributed by atoms with Crippen molar-refractivity contribution in [2.24, 2.45) is 5.92 Å². The summed E-state index contributed by atoms with van der Waals surface area (Å²) in [6, 6.07) is 0.775. The molecule has 0 aromatic carbocycles. The normalized spacial score (nSPS) is 25.7. The van der Waals surface area contributed by atoms with E-state index in [0.29, 0.717) is 0 Å². The van der Waals surface area contributed by atoms with Gasteiger partial charge in [-0.15, -0.1) is 11.8 Å². The molecule has 1 N–H and O–H groups in total. The third-order valence-corrected chi connectivity index (χ3v) is 3.38. The Hall–Kier alpha value is -0.480. The van der Waals surface area contributed by atoms with Crippen LogP contribution in [0.15, 0.2) is 0 Å². The minimum absolute atomic E-state index is 0.775. The first-order valence-electron chi connectivity index (χ1n) is 6.51. The van der Waals surface area contributed by atoms with E-state index in [1.165, 1.54) is 45.1 Å². The van der Waals surface area contributed by atoms with Gasteiger partial charge < -0.3 is 5.32 Å². The summed E-state index contributed by atoms with van der Waals surface area (Å²) in [4.78, 5) is 0. The van der Waals surface area contributed by atoms with Crippen molar-refractivity contribution < 1.29 is 0 Å². The van der Waals surface area contributed by atoms with E-state index in [4.69, 9.17) is 0 Å². The van der Waals surface area contributed by atoms with E-state index in [1.807, 2.05) is 6.92 Å². The summed E-state index contributed by atoms with van der Waals surface area (Å²) in [5, 5.41) is 3.70. The van der Waals surface area contributed by atoms with Crippen LogP contribution < -0.4 is 5.32 Å². The standard InChI is InChI=1S/C14H25N/c1-3-5-6-9-13-10-7-8-11-14(13)15-12-4-2/h13-15H,4,6-12H2,1-2H3. The lowest BCUT2D eigenvalue weighted by molar-refractivity contribution is 0.252. The van der Waals surface area contributed by atoms with Crippen LogP contribution in [0.4, 0.5) is 0 Å². The second-order valence-electron chi connectivity index (χ2n) is 4.57. The molecule has 0 aromatic rings. The fraction of sp³-hybridized carbons (Fsp3) is 0.857. The molecule has 0 aliphatic heterocycles. The highest BCUT2D eigenvalue weighted by atomic mass is 14.9. The maximum Gasteiger partial charge on any atom is 0.00956 e. The molecule has 1 aliphatic rings. The zero-order chi connectivity index (χ0) is 10.9. The van der Waals surface area contributed by atoms with E-state index in [2.05, 4.69) is 24.1 Å². The van der Waals surface area contributed by atoms with Crippen LogP contribution in [0.25, 0.3) is 0 Å². The summed E-state index contributed by atoms with van der Waals surface area (Å²) >= 11 is 0. The third kappa shape index (κ3) is 4.71. The van der Waals surface area contributed by atoms with Crippen molar-refractivity contribution >= 4 is 0 Å². The first-order valence-corrected chi connectivity index (χ1v) is 6.51. The molecule has 0 amide bonds. The zero-order valence-electron chi connectivity index (χ0n) is 10.3. The van der Waals surface area contributed by atoms with Gasteiger partial charge in [-0.1, -0.05) is 19.8 Å². The van der Waals surface area contributed by atoms with Crippen molar-refractivity contribution in [2.45, 2.75) is 64.8 Å². The molecule has 0 radical (unpaired) electrons. The number of hydrogen-bond acceptors (Lipinski definition) is 1. The van der Waals surface area contributed by atoms with E-state index in [1.54, 1.807) is 0 Å². The van der Waals surface area contributed by atoms with Gasteiger partial charge in [0.2, 0.25) is 0 Å². The molecule has 0 saturated heterocycles. The molecule has 86 valence electrons. The molecule has 0 spiro atoms. The Morgan fingerprint density at radius 1 is 1.27 bits per heavy atom. The van der Waals surface area contributed by atoms with Gasteiger partial charge in [0.25, 0.3) is 0 Å². The molecule has 2 unspecified atom stereocenters. The molecule has 1 nitrogen and oxygen atoms in total. The van der Waals surface area contributed by atoms with Crippen LogP contribution in [0.3, 0.4) is 0 Å². The Bertz CT molecular complexity index is 211. The lowest BCUT2D eigenvalue weighted by atomic mass is 9.81. The summed E-state index contributed by atoms with van der Waals surface area (Å²) in [5.41, 5.74) is 0. The second kappa shape index (κ2) is 7.77. The molecule has 15 heavy (non-hydrogen) atoms. The van der Waals surface area contributed by atoms with Crippen molar-refractivity contribution in [3.8, 4) is 11.8 Å². The lowest BCUT2D eigenvalue weighted by Gasteiger charge is -2.32.